The Bertz CT molecular complexity index is 400. The Morgan fingerprint density at radius 1 is 1.26 bits per heavy atom. The molecule has 0 aromatic heterocycles. The van der Waals surface area contributed by atoms with Crippen LogP contribution in [0.5, 0.6) is 0 Å². The van der Waals surface area contributed by atoms with Crippen LogP contribution >= 0.6 is 0 Å². The van der Waals surface area contributed by atoms with Crippen molar-refractivity contribution in [2.24, 2.45) is 0 Å². The van der Waals surface area contributed by atoms with E-state index >= 15 is 0 Å². The van der Waals surface area contributed by atoms with E-state index in [0.29, 0.717) is 6.54 Å². The molecular weight excluding hydrogens is 244 g/mol. The monoisotopic (exact) mass is 266 g/mol. The summed E-state index contributed by atoms with van der Waals surface area (Å²) in [5, 5.41) is 23.8. The molecule has 0 aliphatic carbocycles. The molecule has 0 fully saturated rings. The van der Waals surface area contributed by atoms with E-state index in [0.717, 1.165) is 31.4 Å². The van der Waals surface area contributed by atoms with Gasteiger partial charge in [0.05, 0.1) is 10.5 Å². The number of nitrogens with zero attached hydrogens (tertiary/aromatic N) is 1. The summed E-state index contributed by atoms with van der Waals surface area (Å²) in [5.41, 5.74) is 0.535. The summed E-state index contributed by atoms with van der Waals surface area (Å²) in [6, 6.07) is 6.57. The molecule has 0 amide bonds. The Kier molecular flexibility index (Phi) is 5.92. The maximum absolute atomic E-state index is 10.5. The Morgan fingerprint density at radius 2 is 1.84 bits per heavy atom. The van der Waals surface area contributed by atoms with E-state index in [-0.39, 0.29) is 5.69 Å². The van der Waals surface area contributed by atoms with Gasteiger partial charge in [0.1, 0.15) is 0 Å². The zero-order chi connectivity index (χ0) is 14.3. The Morgan fingerprint density at radius 3 is 2.32 bits per heavy atom. The lowest BCUT2D eigenvalue weighted by Crippen LogP contribution is -2.40. The van der Waals surface area contributed by atoms with Crippen molar-refractivity contribution in [2.45, 2.75) is 38.7 Å². The summed E-state index contributed by atoms with van der Waals surface area (Å²) >= 11 is 0. The first-order valence-electron chi connectivity index (χ1n) is 6.67. The highest BCUT2D eigenvalue weighted by Crippen LogP contribution is 2.14. The average Bonchev–Trinajstić information content (AvgIpc) is 2.44. The molecule has 2 N–H and O–H groups in total. The molecule has 0 bridgehead atoms. The predicted molar refractivity (Wildman–Crippen MR) is 75.2 cm³/mol. The zero-order valence-electron chi connectivity index (χ0n) is 11.6. The molecule has 5 nitrogen and oxygen atoms in total. The van der Waals surface area contributed by atoms with E-state index in [1.54, 1.807) is 12.1 Å². The van der Waals surface area contributed by atoms with Gasteiger partial charge in [-0.05, 0) is 31.4 Å². The van der Waals surface area contributed by atoms with Crippen molar-refractivity contribution in [3.8, 4) is 0 Å². The molecule has 106 valence electrons. The number of benzene rings is 1. The molecule has 0 aliphatic rings. The van der Waals surface area contributed by atoms with Crippen molar-refractivity contribution < 1.29 is 10.0 Å². The minimum atomic E-state index is -0.629. The fraction of sp³-hybridized carbons (Fsp3) is 0.571. The third-order valence-corrected chi connectivity index (χ3v) is 3.51. The highest BCUT2D eigenvalue weighted by atomic mass is 16.6. The third-order valence-electron chi connectivity index (χ3n) is 3.51. The van der Waals surface area contributed by atoms with Gasteiger partial charge in [0, 0.05) is 18.7 Å². The molecule has 19 heavy (non-hydrogen) atoms. The smallest absolute Gasteiger partial charge is 0.269 e. The molecule has 1 aromatic rings. The van der Waals surface area contributed by atoms with Gasteiger partial charge in [0.25, 0.3) is 5.69 Å². The van der Waals surface area contributed by atoms with E-state index in [2.05, 4.69) is 5.32 Å². The van der Waals surface area contributed by atoms with E-state index in [9.17, 15) is 15.2 Å². The maximum Gasteiger partial charge on any atom is 0.269 e. The SMILES string of the molecule is CCC(O)(CC)CNCCc1ccc([N+](=O)[O-])cc1. The number of non-ortho nitro benzene ring substituents is 1. The fourth-order valence-corrected chi connectivity index (χ4v) is 1.84. The van der Waals surface area contributed by atoms with Crippen molar-refractivity contribution in [3.63, 3.8) is 0 Å². The second kappa shape index (κ2) is 7.21. The number of aliphatic hydroxyl groups is 1. The fourth-order valence-electron chi connectivity index (χ4n) is 1.84. The highest BCUT2D eigenvalue weighted by molar-refractivity contribution is 5.32. The Hall–Kier alpha value is -1.46. The summed E-state index contributed by atoms with van der Waals surface area (Å²) in [4.78, 5) is 10.1. The predicted octanol–water partition coefficient (Wildman–Crippen LogP) is 2.28. The zero-order valence-corrected chi connectivity index (χ0v) is 11.6. The van der Waals surface area contributed by atoms with Crippen LogP contribution in [0.2, 0.25) is 0 Å². The van der Waals surface area contributed by atoms with E-state index in [4.69, 9.17) is 0 Å². The standard InChI is InChI=1S/C14H22N2O3/c1-3-14(17,4-2)11-15-10-9-12-5-7-13(8-6-12)16(18)19/h5-8,15,17H,3-4,9-11H2,1-2H3. The van der Waals surface area contributed by atoms with Gasteiger partial charge in [-0.25, -0.2) is 0 Å². The quantitative estimate of drug-likeness (QED) is 0.430. The lowest BCUT2D eigenvalue weighted by molar-refractivity contribution is -0.384. The first-order valence-corrected chi connectivity index (χ1v) is 6.67. The topological polar surface area (TPSA) is 75.4 Å². The van der Waals surface area contributed by atoms with E-state index in [1.165, 1.54) is 12.1 Å². The summed E-state index contributed by atoms with van der Waals surface area (Å²) in [6.07, 6.45) is 2.25. The number of nitro benzene ring substituents is 1. The molecule has 0 unspecified atom stereocenters. The summed E-state index contributed by atoms with van der Waals surface area (Å²) in [5.74, 6) is 0. The summed E-state index contributed by atoms with van der Waals surface area (Å²) < 4.78 is 0. The van der Waals surface area contributed by atoms with Gasteiger partial charge < -0.3 is 10.4 Å². The minimum Gasteiger partial charge on any atom is -0.389 e. The van der Waals surface area contributed by atoms with Crippen molar-refractivity contribution in [1.82, 2.24) is 5.32 Å². The second-order valence-electron chi connectivity index (χ2n) is 4.78. The first kappa shape index (κ1) is 15.6. The molecule has 1 rings (SSSR count). The van der Waals surface area contributed by atoms with Crippen LogP contribution in [0, 0.1) is 10.1 Å². The molecule has 0 radical (unpaired) electrons. The second-order valence-corrected chi connectivity index (χ2v) is 4.78. The number of nitrogens with one attached hydrogen (secondary N) is 1. The number of hydrogen-bond donors (Lipinski definition) is 2. The normalized spacial score (nSPS) is 11.5. The molecule has 0 spiro atoms. The lowest BCUT2D eigenvalue weighted by Gasteiger charge is -2.25. The largest absolute Gasteiger partial charge is 0.389 e. The van der Waals surface area contributed by atoms with Crippen LogP contribution in [0.3, 0.4) is 0 Å². The van der Waals surface area contributed by atoms with Crippen LogP contribution in [-0.2, 0) is 6.42 Å². The Labute approximate surface area is 113 Å². The third kappa shape index (κ3) is 4.96. The number of rotatable bonds is 8. The maximum atomic E-state index is 10.5. The van der Waals surface area contributed by atoms with Gasteiger partial charge in [0.2, 0.25) is 0 Å². The molecule has 5 heteroatoms. The lowest BCUT2D eigenvalue weighted by atomic mass is 9.97. The number of hydrogen-bond acceptors (Lipinski definition) is 4. The molecule has 0 saturated heterocycles. The molecular formula is C14H22N2O3. The van der Waals surface area contributed by atoms with Gasteiger partial charge in [-0.2, -0.15) is 0 Å². The van der Waals surface area contributed by atoms with Crippen molar-refractivity contribution in [3.05, 3.63) is 39.9 Å². The molecule has 1 aromatic carbocycles. The summed E-state index contributed by atoms with van der Waals surface area (Å²) in [7, 11) is 0. The number of nitro groups is 1. The van der Waals surface area contributed by atoms with Gasteiger partial charge >= 0.3 is 0 Å². The first-order chi connectivity index (χ1) is 9.00. The average molecular weight is 266 g/mol. The summed E-state index contributed by atoms with van der Waals surface area (Å²) in [6.45, 7) is 5.27. The molecule has 0 heterocycles. The van der Waals surface area contributed by atoms with Crippen LogP contribution in [0.1, 0.15) is 32.3 Å². The van der Waals surface area contributed by atoms with Crippen LogP contribution in [0.4, 0.5) is 5.69 Å². The van der Waals surface area contributed by atoms with Crippen LogP contribution in [0.15, 0.2) is 24.3 Å². The van der Waals surface area contributed by atoms with Crippen molar-refractivity contribution in [2.75, 3.05) is 13.1 Å². The van der Waals surface area contributed by atoms with E-state index in [1.807, 2.05) is 13.8 Å². The van der Waals surface area contributed by atoms with Gasteiger partial charge in [-0.15, -0.1) is 0 Å². The van der Waals surface area contributed by atoms with Crippen LogP contribution in [-0.4, -0.2) is 28.7 Å². The van der Waals surface area contributed by atoms with Crippen LogP contribution in [0.25, 0.3) is 0 Å². The van der Waals surface area contributed by atoms with Gasteiger partial charge in [-0.1, -0.05) is 26.0 Å². The van der Waals surface area contributed by atoms with Gasteiger partial charge in [-0.3, -0.25) is 10.1 Å². The molecule has 0 atom stereocenters. The highest BCUT2D eigenvalue weighted by Gasteiger charge is 2.20. The molecule has 0 saturated carbocycles. The van der Waals surface area contributed by atoms with Crippen molar-refractivity contribution >= 4 is 5.69 Å². The minimum absolute atomic E-state index is 0.114. The van der Waals surface area contributed by atoms with Crippen molar-refractivity contribution in [1.29, 1.82) is 0 Å². The Balaban J connectivity index is 2.35. The molecule has 0 aliphatic heterocycles. The van der Waals surface area contributed by atoms with Crippen LogP contribution < -0.4 is 5.32 Å². The van der Waals surface area contributed by atoms with E-state index < -0.39 is 10.5 Å². The van der Waals surface area contributed by atoms with Gasteiger partial charge in [0.15, 0.2) is 0 Å².